The van der Waals surface area contributed by atoms with E-state index >= 15 is 0 Å². The highest BCUT2D eigenvalue weighted by molar-refractivity contribution is 6.01. The van der Waals surface area contributed by atoms with E-state index in [0.29, 0.717) is 28.4 Å². The van der Waals surface area contributed by atoms with Gasteiger partial charge in [0.15, 0.2) is 0 Å². The molecule has 1 unspecified atom stereocenters. The van der Waals surface area contributed by atoms with Crippen molar-refractivity contribution in [1.29, 1.82) is 0 Å². The van der Waals surface area contributed by atoms with Crippen LogP contribution in [0.3, 0.4) is 0 Å². The molecule has 1 aliphatic rings. The number of nitrogens with one attached hydrogen (secondary N) is 1. The fourth-order valence-electron chi connectivity index (χ4n) is 4.30. The molecule has 1 atom stereocenters. The Morgan fingerprint density at radius 1 is 1.00 bits per heavy atom. The molecule has 0 saturated heterocycles. The molecular formula is C27H22F2N4O3. The van der Waals surface area contributed by atoms with Crippen LogP contribution >= 0.6 is 0 Å². The standard InChI is InChI=1S/C27H22F2N4O3/c1-15-6-4-8-18(10-15)25-31-26(36-32-25)23-16(2)33(21-13-19(28)12-20(29)14-21)27(34)30-24(23)17-7-5-9-22(11-17)35-3/h4-14,24H,1-3H3,(H,30,34). The van der Waals surface area contributed by atoms with Crippen molar-refractivity contribution in [2.24, 2.45) is 0 Å². The van der Waals surface area contributed by atoms with E-state index in [1.54, 1.807) is 32.2 Å². The Hall–Kier alpha value is -4.53. The lowest BCUT2D eigenvalue weighted by Gasteiger charge is -2.35. The summed E-state index contributed by atoms with van der Waals surface area (Å²) in [6.45, 7) is 3.63. The summed E-state index contributed by atoms with van der Waals surface area (Å²) in [5.41, 5.74) is 3.41. The number of amides is 2. The van der Waals surface area contributed by atoms with Crippen LogP contribution < -0.4 is 15.0 Å². The maximum atomic E-state index is 14.0. The lowest BCUT2D eigenvalue weighted by atomic mass is 9.94. The predicted molar refractivity (Wildman–Crippen MR) is 130 cm³/mol. The maximum absolute atomic E-state index is 14.0. The van der Waals surface area contributed by atoms with Crippen LogP contribution in [0, 0.1) is 18.6 Å². The predicted octanol–water partition coefficient (Wildman–Crippen LogP) is 6.03. The smallest absolute Gasteiger partial charge is 0.327 e. The van der Waals surface area contributed by atoms with Gasteiger partial charge in [-0.1, -0.05) is 41.1 Å². The Morgan fingerprint density at radius 3 is 2.47 bits per heavy atom. The normalized spacial score (nSPS) is 15.8. The number of allylic oxidation sites excluding steroid dienone is 1. The molecule has 36 heavy (non-hydrogen) atoms. The number of anilines is 1. The molecule has 0 fully saturated rings. The van der Waals surface area contributed by atoms with Crippen molar-refractivity contribution < 1.29 is 22.8 Å². The third-order valence-corrected chi connectivity index (χ3v) is 5.95. The van der Waals surface area contributed by atoms with Crippen LogP contribution in [0.4, 0.5) is 19.3 Å². The van der Waals surface area contributed by atoms with Gasteiger partial charge in [-0.05, 0) is 49.7 Å². The number of carbonyl (C=O) groups is 1. The minimum absolute atomic E-state index is 0.0301. The van der Waals surface area contributed by atoms with Gasteiger partial charge in [-0.2, -0.15) is 4.98 Å². The molecule has 0 aliphatic carbocycles. The van der Waals surface area contributed by atoms with E-state index in [0.717, 1.165) is 29.3 Å². The molecule has 0 radical (unpaired) electrons. The number of hydrogen-bond acceptors (Lipinski definition) is 5. The lowest BCUT2D eigenvalue weighted by molar-refractivity contribution is 0.244. The number of ether oxygens (including phenoxy) is 1. The number of halogens is 2. The van der Waals surface area contributed by atoms with Crippen molar-refractivity contribution in [2.45, 2.75) is 19.9 Å². The van der Waals surface area contributed by atoms with E-state index in [1.807, 2.05) is 37.3 Å². The zero-order chi connectivity index (χ0) is 25.4. The average Bonchev–Trinajstić information content (AvgIpc) is 3.33. The first-order chi connectivity index (χ1) is 17.3. The number of rotatable bonds is 5. The number of nitrogens with zero attached hydrogens (tertiary/aromatic N) is 3. The van der Waals surface area contributed by atoms with E-state index in [1.165, 1.54) is 4.90 Å². The summed E-state index contributed by atoms with van der Waals surface area (Å²) in [6, 6.07) is 16.5. The number of methoxy groups -OCH3 is 1. The van der Waals surface area contributed by atoms with Gasteiger partial charge in [0.1, 0.15) is 17.4 Å². The summed E-state index contributed by atoms with van der Waals surface area (Å²) in [5.74, 6) is -0.472. The van der Waals surface area contributed by atoms with Gasteiger partial charge in [0, 0.05) is 17.3 Å². The summed E-state index contributed by atoms with van der Waals surface area (Å²) < 4.78 is 39.1. The van der Waals surface area contributed by atoms with Crippen LogP contribution in [-0.4, -0.2) is 23.3 Å². The summed E-state index contributed by atoms with van der Waals surface area (Å²) >= 11 is 0. The van der Waals surface area contributed by atoms with Crippen molar-refractivity contribution in [3.63, 3.8) is 0 Å². The Kier molecular flexibility index (Phi) is 5.97. The van der Waals surface area contributed by atoms with Gasteiger partial charge in [-0.15, -0.1) is 0 Å². The third-order valence-electron chi connectivity index (χ3n) is 5.95. The molecule has 0 saturated carbocycles. The van der Waals surface area contributed by atoms with E-state index in [4.69, 9.17) is 9.26 Å². The number of hydrogen-bond donors (Lipinski definition) is 1. The Bertz CT molecular complexity index is 1480. The molecule has 2 heterocycles. The number of carbonyl (C=O) groups excluding carboxylic acids is 1. The molecule has 1 aromatic heterocycles. The van der Waals surface area contributed by atoms with Gasteiger partial charge in [-0.25, -0.2) is 13.6 Å². The van der Waals surface area contributed by atoms with Crippen molar-refractivity contribution >= 4 is 17.3 Å². The Balaban J connectivity index is 1.68. The third kappa shape index (κ3) is 4.31. The number of benzene rings is 3. The number of urea groups is 1. The molecule has 9 heteroatoms. The molecule has 0 spiro atoms. The van der Waals surface area contributed by atoms with Crippen molar-refractivity contribution in [2.75, 3.05) is 12.0 Å². The van der Waals surface area contributed by atoms with Crippen LogP contribution in [0.1, 0.15) is 30.0 Å². The molecule has 0 bridgehead atoms. The lowest BCUT2D eigenvalue weighted by Crippen LogP contribution is -2.46. The fraction of sp³-hybridized carbons (Fsp3) is 0.148. The first kappa shape index (κ1) is 23.2. The zero-order valence-electron chi connectivity index (χ0n) is 19.8. The minimum atomic E-state index is -0.804. The molecule has 2 amide bonds. The van der Waals surface area contributed by atoms with Gasteiger partial charge in [0.25, 0.3) is 5.89 Å². The molecule has 4 aromatic rings. The molecule has 1 aliphatic heterocycles. The van der Waals surface area contributed by atoms with E-state index in [-0.39, 0.29) is 11.6 Å². The molecular weight excluding hydrogens is 466 g/mol. The van der Waals surface area contributed by atoms with Crippen molar-refractivity contribution in [1.82, 2.24) is 15.5 Å². The van der Waals surface area contributed by atoms with Crippen molar-refractivity contribution in [3.8, 4) is 17.1 Å². The Labute approximate surface area is 206 Å². The zero-order valence-corrected chi connectivity index (χ0v) is 19.8. The quantitative estimate of drug-likeness (QED) is 0.371. The molecule has 1 N–H and O–H groups in total. The van der Waals surface area contributed by atoms with Crippen LogP contribution in [0.5, 0.6) is 5.75 Å². The first-order valence-corrected chi connectivity index (χ1v) is 11.2. The van der Waals surface area contributed by atoms with E-state index in [2.05, 4.69) is 15.5 Å². The van der Waals surface area contributed by atoms with Crippen LogP contribution in [0.25, 0.3) is 17.0 Å². The van der Waals surface area contributed by atoms with Crippen LogP contribution in [0.15, 0.2) is 77.0 Å². The van der Waals surface area contributed by atoms with Crippen molar-refractivity contribution in [3.05, 3.63) is 101 Å². The van der Waals surface area contributed by atoms with Gasteiger partial charge < -0.3 is 14.6 Å². The highest BCUT2D eigenvalue weighted by Crippen LogP contribution is 2.40. The monoisotopic (exact) mass is 488 g/mol. The largest absolute Gasteiger partial charge is 0.497 e. The summed E-state index contributed by atoms with van der Waals surface area (Å²) in [5, 5.41) is 7.06. The second kappa shape index (κ2) is 9.26. The molecule has 3 aromatic carbocycles. The van der Waals surface area contributed by atoms with E-state index < -0.39 is 23.7 Å². The van der Waals surface area contributed by atoms with Gasteiger partial charge in [0.2, 0.25) is 5.82 Å². The van der Waals surface area contributed by atoms with Crippen LogP contribution in [0.2, 0.25) is 0 Å². The van der Waals surface area contributed by atoms with E-state index in [9.17, 15) is 13.6 Å². The van der Waals surface area contributed by atoms with Gasteiger partial charge in [0.05, 0.1) is 24.4 Å². The number of aromatic nitrogens is 2. The molecule has 182 valence electrons. The van der Waals surface area contributed by atoms with Crippen LogP contribution in [-0.2, 0) is 0 Å². The maximum Gasteiger partial charge on any atom is 0.327 e. The topological polar surface area (TPSA) is 80.5 Å². The minimum Gasteiger partial charge on any atom is -0.497 e. The second-order valence-corrected chi connectivity index (χ2v) is 8.41. The highest BCUT2D eigenvalue weighted by atomic mass is 19.1. The Morgan fingerprint density at radius 2 is 1.75 bits per heavy atom. The fourth-order valence-corrected chi connectivity index (χ4v) is 4.30. The second-order valence-electron chi connectivity index (χ2n) is 8.41. The summed E-state index contributed by atoms with van der Waals surface area (Å²) in [4.78, 5) is 19.0. The highest BCUT2D eigenvalue weighted by Gasteiger charge is 2.37. The number of aryl methyl sites for hydroxylation is 1. The average molecular weight is 488 g/mol. The molecule has 7 nitrogen and oxygen atoms in total. The SMILES string of the molecule is COc1cccc(C2NC(=O)N(c3cc(F)cc(F)c3)C(C)=C2c2nc(-c3cccc(C)c3)no2)c1. The molecule has 5 rings (SSSR count). The summed E-state index contributed by atoms with van der Waals surface area (Å²) in [7, 11) is 1.55. The first-order valence-electron chi connectivity index (χ1n) is 11.2. The summed E-state index contributed by atoms with van der Waals surface area (Å²) in [6.07, 6.45) is 0. The van der Waals surface area contributed by atoms with Gasteiger partial charge >= 0.3 is 6.03 Å². The van der Waals surface area contributed by atoms with Gasteiger partial charge in [-0.3, -0.25) is 4.90 Å².